The molecule has 0 unspecified atom stereocenters. The van der Waals surface area contributed by atoms with Crippen LogP contribution < -0.4 is 0 Å². The van der Waals surface area contributed by atoms with Gasteiger partial charge in [-0.25, -0.2) is 9.97 Å². The molecule has 2 nitrogen and oxygen atoms in total. The van der Waals surface area contributed by atoms with Crippen molar-refractivity contribution in [2.24, 2.45) is 0 Å². The predicted octanol–water partition coefficient (Wildman–Crippen LogP) is 3.79. The summed E-state index contributed by atoms with van der Waals surface area (Å²) in [6.45, 7) is 4.05. The number of hydrogen-bond donors (Lipinski definition) is 0. The summed E-state index contributed by atoms with van der Waals surface area (Å²) < 4.78 is 36.6. The molecule has 1 rings (SSSR count). The molecule has 90 valence electrons. The van der Waals surface area contributed by atoms with Gasteiger partial charge in [-0.2, -0.15) is 13.2 Å². The number of hydrogen-bond acceptors (Lipinski definition) is 2. The van der Waals surface area contributed by atoms with Gasteiger partial charge in [-0.05, 0) is 17.9 Å². The quantitative estimate of drug-likeness (QED) is 0.789. The fourth-order valence-electron chi connectivity index (χ4n) is 1.42. The molecule has 0 N–H and O–H groups in total. The van der Waals surface area contributed by atoms with E-state index < -0.39 is 12.0 Å². The molecule has 16 heavy (non-hydrogen) atoms. The maximum absolute atomic E-state index is 12.2. The van der Waals surface area contributed by atoms with Crippen molar-refractivity contribution in [1.82, 2.24) is 9.97 Å². The van der Waals surface area contributed by atoms with Crippen LogP contribution in [0.25, 0.3) is 0 Å². The van der Waals surface area contributed by atoms with Crippen LogP contribution in [0.2, 0.25) is 0 Å². The van der Waals surface area contributed by atoms with E-state index in [0.717, 1.165) is 24.8 Å². The topological polar surface area (TPSA) is 25.8 Å². The van der Waals surface area contributed by atoms with Gasteiger partial charge in [0.1, 0.15) is 0 Å². The Morgan fingerprint density at radius 2 is 1.81 bits per heavy atom. The van der Waals surface area contributed by atoms with Gasteiger partial charge in [0.15, 0.2) is 0 Å². The normalized spacial score (nSPS) is 13.8. The zero-order valence-corrected chi connectivity index (χ0v) is 9.38. The van der Waals surface area contributed by atoms with Crippen molar-refractivity contribution >= 4 is 0 Å². The molecule has 0 aliphatic rings. The Hall–Kier alpha value is -1.13. The molecular weight excluding hydrogens is 217 g/mol. The molecule has 1 aromatic heterocycles. The summed E-state index contributed by atoms with van der Waals surface area (Å²) in [5, 5.41) is 0. The molecule has 0 radical (unpaired) electrons. The molecule has 0 aromatic carbocycles. The molecule has 1 heterocycles. The molecular formula is C11H15F3N2. The van der Waals surface area contributed by atoms with Gasteiger partial charge >= 0.3 is 6.18 Å². The average molecular weight is 232 g/mol. The van der Waals surface area contributed by atoms with E-state index in [-0.39, 0.29) is 5.92 Å². The van der Waals surface area contributed by atoms with Gasteiger partial charge in [-0.1, -0.05) is 26.7 Å². The molecule has 0 saturated carbocycles. The third-order valence-corrected chi connectivity index (χ3v) is 2.49. The van der Waals surface area contributed by atoms with Gasteiger partial charge in [0.05, 0.1) is 0 Å². The van der Waals surface area contributed by atoms with Crippen molar-refractivity contribution in [3.63, 3.8) is 0 Å². The SMILES string of the molecule is CCCC[C@H](C)c1cnc(C(F)(F)F)nc1. The largest absolute Gasteiger partial charge is 0.451 e. The summed E-state index contributed by atoms with van der Waals surface area (Å²) in [6, 6.07) is 0. The number of aromatic nitrogens is 2. The Bertz CT molecular complexity index is 319. The molecule has 1 atom stereocenters. The molecule has 0 bridgehead atoms. The highest BCUT2D eigenvalue weighted by Crippen LogP contribution is 2.27. The highest BCUT2D eigenvalue weighted by Gasteiger charge is 2.34. The molecule has 0 amide bonds. The molecule has 0 spiro atoms. The van der Waals surface area contributed by atoms with Crippen LogP contribution in [0.5, 0.6) is 0 Å². The lowest BCUT2D eigenvalue weighted by molar-refractivity contribution is -0.145. The second kappa shape index (κ2) is 5.27. The van der Waals surface area contributed by atoms with Crippen LogP contribution in [0.1, 0.15) is 50.4 Å². The summed E-state index contributed by atoms with van der Waals surface area (Å²) in [6.07, 6.45) is 1.18. The molecule has 5 heteroatoms. The molecule has 0 saturated heterocycles. The maximum Gasteiger partial charge on any atom is 0.451 e. The van der Waals surface area contributed by atoms with Crippen LogP contribution in [-0.2, 0) is 6.18 Å². The Labute approximate surface area is 92.9 Å². The van der Waals surface area contributed by atoms with Crippen molar-refractivity contribution in [1.29, 1.82) is 0 Å². The zero-order valence-electron chi connectivity index (χ0n) is 9.38. The van der Waals surface area contributed by atoms with E-state index in [0.29, 0.717) is 0 Å². The van der Waals surface area contributed by atoms with E-state index >= 15 is 0 Å². The fourth-order valence-corrected chi connectivity index (χ4v) is 1.42. The Balaban J connectivity index is 2.71. The van der Waals surface area contributed by atoms with E-state index in [9.17, 15) is 13.2 Å². The lowest BCUT2D eigenvalue weighted by atomic mass is 9.98. The summed E-state index contributed by atoms with van der Waals surface area (Å²) >= 11 is 0. The molecule has 0 fully saturated rings. The number of halogens is 3. The monoisotopic (exact) mass is 232 g/mol. The van der Waals surface area contributed by atoms with Crippen LogP contribution in [0.4, 0.5) is 13.2 Å². The molecule has 0 aliphatic carbocycles. The third kappa shape index (κ3) is 3.47. The minimum Gasteiger partial charge on any atom is -0.233 e. The van der Waals surface area contributed by atoms with Gasteiger partial charge in [0, 0.05) is 12.4 Å². The van der Waals surface area contributed by atoms with E-state index in [2.05, 4.69) is 16.9 Å². The fraction of sp³-hybridized carbons (Fsp3) is 0.636. The maximum atomic E-state index is 12.2. The first kappa shape index (κ1) is 12.9. The Morgan fingerprint density at radius 1 is 1.25 bits per heavy atom. The second-order valence-corrected chi connectivity index (χ2v) is 3.88. The highest BCUT2D eigenvalue weighted by molar-refractivity contribution is 5.11. The smallest absolute Gasteiger partial charge is 0.233 e. The highest BCUT2D eigenvalue weighted by atomic mass is 19.4. The predicted molar refractivity (Wildman–Crippen MR) is 55.0 cm³/mol. The Kier molecular flexibility index (Phi) is 4.26. The van der Waals surface area contributed by atoms with Gasteiger partial charge in [-0.15, -0.1) is 0 Å². The van der Waals surface area contributed by atoms with Crippen LogP contribution >= 0.6 is 0 Å². The average Bonchev–Trinajstić information content (AvgIpc) is 2.25. The van der Waals surface area contributed by atoms with Gasteiger partial charge < -0.3 is 0 Å². The second-order valence-electron chi connectivity index (χ2n) is 3.88. The van der Waals surface area contributed by atoms with E-state index in [1.54, 1.807) is 0 Å². The number of unbranched alkanes of at least 4 members (excludes halogenated alkanes) is 1. The molecule has 0 aliphatic heterocycles. The number of nitrogens with zero attached hydrogens (tertiary/aromatic N) is 2. The van der Waals surface area contributed by atoms with Gasteiger partial charge in [0.2, 0.25) is 5.82 Å². The first-order valence-corrected chi connectivity index (χ1v) is 5.34. The van der Waals surface area contributed by atoms with Gasteiger partial charge in [-0.3, -0.25) is 0 Å². The first-order valence-electron chi connectivity index (χ1n) is 5.34. The van der Waals surface area contributed by atoms with Crippen molar-refractivity contribution in [3.05, 3.63) is 23.8 Å². The Morgan fingerprint density at radius 3 is 2.25 bits per heavy atom. The zero-order chi connectivity index (χ0) is 12.2. The lowest BCUT2D eigenvalue weighted by Gasteiger charge is -2.11. The summed E-state index contributed by atoms with van der Waals surface area (Å²) in [5.74, 6) is -0.860. The summed E-state index contributed by atoms with van der Waals surface area (Å²) in [5.41, 5.74) is 0.765. The number of alkyl halides is 3. The lowest BCUT2D eigenvalue weighted by Crippen LogP contribution is -2.11. The number of rotatable bonds is 4. The third-order valence-electron chi connectivity index (χ3n) is 2.49. The van der Waals surface area contributed by atoms with Crippen LogP contribution in [0, 0.1) is 0 Å². The summed E-state index contributed by atoms with van der Waals surface area (Å²) in [4.78, 5) is 6.69. The minimum atomic E-state index is -4.45. The minimum absolute atomic E-state index is 0.210. The van der Waals surface area contributed by atoms with E-state index in [1.165, 1.54) is 12.4 Å². The van der Waals surface area contributed by atoms with Gasteiger partial charge in [0.25, 0.3) is 0 Å². The van der Waals surface area contributed by atoms with Crippen molar-refractivity contribution < 1.29 is 13.2 Å². The van der Waals surface area contributed by atoms with Crippen LogP contribution in [0.15, 0.2) is 12.4 Å². The first-order chi connectivity index (χ1) is 7.45. The standard InChI is InChI=1S/C11H15F3N2/c1-3-4-5-8(2)9-6-15-10(16-7-9)11(12,13)14/h6-8H,3-5H2,1-2H3/t8-/m0/s1. The van der Waals surface area contributed by atoms with Crippen molar-refractivity contribution in [3.8, 4) is 0 Å². The molecule has 1 aromatic rings. The van der Waals surface area contributed by atoms with Crippen LogP contribution in [0.3, 0.4) is 0 Å². The van der Waals surface area contributed by atoms with Crippen LogP contribution in [-0.4, -0.2) is 9.97 Å². The summed E-state index contributed by atoms with van der Waals surface area (Å²) in [7, 11) is 0. The van der Waals surface area contributed by atoms with Crippen molar-refractivity contribution in [2.75, 3.05) is 0 Å². The van der Waals surface area contributed by atoms with E-state index in [1.807, 2.05) is 6.92 Å². The van der Waals surface area contributed by atoms with E-state index in [4.69, 9.17) is 0 Å². The van der Waals surface area contributed by atoms with Crippen molar-refractivity contribution in [2.45, 2.75) is 45.2 Å².